The van der Waals surface area contributed by atoms with E-state index in [0.717, 1.165) is 4.90 Å². The average Bonchev–Trinajstić information content (AvgIpc) is 2.65. The molecule has 1 amide bonds. The highest BCUT2D eigenvalue weighted by Gasteiger charge is 2.34. The zero-order chi connectivity index (χ0) is 21.4. The first-order chi connectivity index (χ1) is 13.2. The second kappa shape index (κ2) is 10.5. The number of Topliss-reactive ketones (excluding diaryl/α,β-unsaturated/α-hetero) is 1. The zero-order valence-corrected chi connectivity index (χ0v) is 17.0. The van der Waals surface area contributed by atoms with Crippen molar-refractivity contribution < 1.29 is 38.4 Å². The molecule has 0 aliphatic heterocycles. The standard InChI is InChI=1S/C19H27NO8/c1-11(2)17(19(23)24)20(16(22)10-25-3)9-13(21)12-7-14(26-4)18(28-6)15(8-12)27-5/h7-8,11,17H,9-10H2,1-6H3,(H,23,24). The summed E-state index contributed by atoms with van der Waals surface area (Å²) in [6.07, 6.45) is 0. The summed E-state index contributed by atoms with van der Waals surface area (Å²) in [7, 11) is 5.59. The van der Waals surface area contributed by atoms with Crippen LogP contribution in [0, 0.1) is 5.92 Å². The fourth-order valence-electron chi connectivity index (χ4n) is 2.81. The SMILES string of the molecule is COCC(=O)N(CC(=O)c1cc(OC)c(OC)c(OC)c1)C(C(=O)O)C(C)C. The predicted octanol–water partition coefficient (Wildman–Crippen LogP) is 1.48. The number of carboxylic acids is 1. The Morgan fingerprint density at radius 3 is 1.89 bits per heavy atom. The fourth-order valence-corrected chi connectivity index (χ4v) is 2.81. The number of ether oxygens (including phenoxy) is 4. The molecule has 9 heteroatoms. The quantitative estimate of drug-likeness (QED) is 0.559. The van der Waals surface area contributed by atoms with Gasteiger partial charge in [0.05, 0.1) is 27.9 Å². The van der Waals surface area contributed by atoms with E-state index in [1.165, 1.54) is 40.6 Å². The molecule has 0 heterocycles. The Morgan fingerprint density at radius 1 is 1.00 bits per heavy atom. The molecule has 0 aliphatic rings. The Hall–Kier alpha value is -2.81. The number of carbonyl (C=O) groups excluding carboxylic acids is 2. The van der Waals surface area contributed by atoms with Crippen molar-refractivity contribution in [2.75, 3.05) is 41.6 Å². The highest BCUT2D eigenvalue weighted by atomic mass is 16.5. The molecule has 0 fully saturated rings. The number of ketones is 1. The van der Waals surface area contributed by atoms with Crippen LogP contribution in [0.5, 0.6) is 17.2 Å². The molecule has 28 heavy (non-hydrogen) atoms. The van der Waals surface area contributed by atoms with E-state index in [-0.39, 0.29) is 23.7 Å². The average molecular weight is 397 g/mol. The second-order valence-electron chi connectivity index (χ2n) is 6.32. The third-order valence-electron chi connectivity index (χ3n) is 4.11. The Bertz CT molecular complexity index is 691. The highest BCUT2D eigenvalue weighted by molar-refractivity contribution is 6.01. The Labute approximate surface area is 164 Å². The number of hydrogen-bond acceptors (Lipinski definition) is 7. The molecule has 1 aromatic rings. The molecule has 1 rings (SSSR count). The first-order valence-electron chi connectivity index (χ1n) is 8.56. The van der Waals surface area contributed by atoms with Gasteiger partial charge in [-0.3, -0.25) is 9.59 Å². The minimum atomic E-state index is -1.20. The number of methoxy groups -OCH3 is 4. The molecule has 0 spiro atoms. The fraction of sp³-hybridized carbons (Fsp3) is 0.526. The van der Waals surface area contributed by atoms with Gasteiger partial charge in [-0.2, -0.15) is 0 Å². The topological polar surface area (TPSA) is 112 Å². The normalized spacial score (nSPS) is 11.7. The molecule has 0 bridgehead atoms. The third kappa shape index (κ3) is 5.35. The lowest BCUT2D eigenvalue weighted by Crippen LogP contribution is -2.51. The van der Waals surface area contributed by atoms with E-state index in [9.17, 15) is 19.5 Å². The largest absolute Gasteiger partial charge is 0.493 e. The maximum atomic E-state index is 12.9. The number of benzene rings is 1. The van der Waals surface area contributed by atoms with Gasteiger partial charge in [0.25, 0.3) is 0 Å². The van der Waals surface area contributed by atoms with Crippen LogP contribution < -0.4 is 14.2 Å². The molecular weight excluding hydrogens is 370 g/mol. The highest BCUT2D eigenvalue weighted by Crippen LogP contribution is 2.38. The molecule has 1 atom stereocenters. The van der Waals surface area contributed by atoms with E-state index >= 15 is 0 Å². The van der Waals surface area contributed by atoms with Gasteiger partial charge in [-0.05, 0) is 18.1 Å². The van der Waals surface area contributed by atoms with Crippen molar-refractivity contribution in [2.45, 2.75) is 19.9 Å². The monoisotopic (exact) mass is 397 g/mol. The third-order valence-corrected chi connectivity index (χ3v) is 4.11. The van der Waals surface area contributed by atoms with E-state index in [0.29, 0.717) is 5.75 Å². The zero-order valence-electron chi connectivity index (χ0n) is 17.0. The summed E-state index contributed by atoms with van der Waals surface area (Å²) in [5, 5.41) is 9.54. The number of carboxylic acid groups (broad SMARTS) is 1. The summed E-state index contributed by atoms with van der Waals surface area (Å²) >= 11 is 0. The van der Waals surface area contributed by atoms with Gasteiger partial charge in [0.2, 0.25) is 11.7 Å². The van der Waals surface area contributed by atoms with Crippen LogP contribution in [0.25, 0.3) is 0 Å². The van der Waals surface area contributed by atoms with Crippen LogP contribution >= 0.6 is 0 Å². The van der Waals surface area contributed by atoms with Gasteiger partial charge in [0, 0.05) is 12.7 Å². The lowest BCUT2D eigenvalue weighted by molar-refractivity contribution is -0.153. The molecule has 1 unspecified atom stereocenters. The smallest absolute Gasteiger partial charge is 0.326 e. The van der Waals surface area contributed by atoms with Gasteiger partial charge in [-0.15, -0.1) is 0 Å². The van der Waals surface area contributed by atoms with Crippen molar-refractivity contribution >= 4 is 17.7 Å². The van der Waals surface area contributed by atoms with Gasteiger partial charge in [-0.25, -0.2) is 4.79 Å². The molecule has 0 saturated carbocycles. The first-order valence-corrected chi connectivity index (χ1v) is 8.56. The van der Waals surface area contributed by atoms with Crippen LogP contribution in [0.1, 0.15) is 24.2 Å². The van der Waals surface area contributed by atoms with E-state index in [1.807, 2.05) is 0 Å². The number of amides is 1. The summed E-state index contributed by atoms with van der Waals surface area (Å²) in [6.45, 7) is 2.56. The van der Waals surface area contributed by atoms with E-state index in [1.54, 1.807) is 13.8 Å². The van der Waals surface area contributed by atoms with Crippen LogP contribution in [0.3, 0.4) is 0 Å². The van der Waals surface area contributed by atoms with Gasteiger partial charge >= 0.3 is 5.97 Å². The number of carbonyl (C=O) groups is 3. The van der Waals surface area contributed by atoms with Crippen LogP contribution in [0.2, 0.25) is 0 Å². The molecule has 1 N–H and O–H groups in total. The summed E-state index contributed by atoms with van der Waals surface area (Å²) in [6, 6.07) is 1.73. The lowest BCUT2D eigenvalue weighted by Gasteiger charge is -2.31. The molecule has 156 valence electrons. The van der Waals surface area contributed by atoms with Crippen molar-refractivity contribution in [3.8, 4) is 17.2 Å². The Balaban J connectivity index is 3.31. The van der Waals surface area contributed by atoms with Gasteiger partial charge in [-0.1, -0.05) is 13.8 Å². The molecular formula is C19H27NO8. The molecule has 0 aliphatic carbocycles. The molecule has 0 radical (unpaired) electrons. The first kappa shape index (κ1) is 23.2. The van der Waals surface area contributed by atoms with Gasteiger partial charge < -0.3 is 29.0 Å². The van der Waals surface area contributed by atoms with Crippen LogP contribution in [0.15, 0.2) is 12.1 Å². The summed E-state index contributed by atoms with van der Waals surface area (Å²) in [5.41, 5.74) is 0.192. The Morgan fingerprint density at radius 2 is 1.54 bits per heavy atom. The summed E-state index contributed by atoms with van der Waals surface area (Å²) in [4.78, 5) is 38.0. The van der Waals surface area contributed by atoms with Crippen LogP contribution in [0.4, 0.5) is 0 Å². The van der Waals surface area contributed by atoms with Crippen LogP contribution in [-0.2, 0) is 14.3 Å². The van der Waals surface area contributed by atoms with Crippen molar-refractivity contribution in [3.05, 3.63) is 17.7 Å². The van der Waals surface area contributed by atoms with Crippen molar-refractivity contribution in [2.24, 2.45) is 5.92 Å². The molecule has 9 nitrogen and oxygen atoms in total. The van der Waals surface area contributed by atoms with Gasteiger partial charge in [0.15, 0.2) is 17.3 Å². The molecule has 0 saturated heterocycles. The maximum absolute atomic E-state index is 12.9. The minimum absolute atomic E-state index is 0.192. The minimum Gasteiger partial charge on any atom is -0.493 e. The predicted molar refractivity (Wildman–Crippen MR) is 100 cm³/mol. The number of hydrogen-bond donors (Lipinski definition) is 1. The number of nitrogens with zero attached hydrogens (tertiary/aromatic N) is 1. The maximum Gasteiger partial charge on any atom is 0.326 e. The van der Waals surface area contributed by atoms with E-state index in [2.05, 4.69) is 0 Å². The van der Waals surface area contributed by atoms with E-state index < -0.39 is 36.2 Å². The van der Waals surface area contributed by atoms with Gasteiger partial charge in [0.1, 0.15) is 12.6 Å². The second-order valence-corrected chi connectivity index (χ2v) is 6.32. The lowest BCUT2D eigenvalue weighted by atomic mass is 10.0. The molecule has 1 aromatic carbocycles. The Kier molecular flexibility index (Phi) is 8.72. The van der Waals surface area contributed by atoms with Crippen molar-refractivity contribution in [1.29, 1.82) is 0 Å². The van der Waals surface area contributed by atoms with Crippen LogP contribution in [-0.4, -0.2) is 75.3 Å². The number of aliphatic carboxylic acids is 1. The van der Waals surface area contributed by atoms with E-state index in [4.69, 9.17) is 18.9 Å². The number of rotatable bonds is 11. The van der Waals surface area contributed by atoms with Crippen molar-refractivity contribution in [1.82, 2.24) is 4.90 Å². The summed E-state index contributed by atoms with van der Waals surface area (Å²) < 4.78 is 20.5. The molecule has 0 aromatic heterocycles. The van der Waals surface area contributed by atoms with Crippen molar-refractivity contribution in [3.63, 3.8) is 0 Å². The summed E-state index contributed by atoms with van der Waals surface area (Å²) in [5.74, 6) is -1.81.